The van der Waals surface area contributed by atoms with Gasteiger partial charge in [0.1, 0.15) is 11.7 Å². The van der Waals surface area contributed by atoms with Gasteiger partial charge in [-0.1, -0.05) is 0 Å². The zero-order valence-electron chi connectivity index (χ0n) is 14.8. The molecule has 0 bridgehead atoms. The maximum atomic E-state index is 13.3. The van der Waals surface area contributed by atoms with Gasteiger partial charge >= 0.3 is 6.18 Å². The molecule has 1 saturated heterocycles. The number of alkyl halides is 3. The van der Waals surface area contributed by atoms with Crippen molar-refractivity contribution in [2.45, 2.75) is 29.7 Å². The van der Waals surface area contributed by atoms with E-state index in [1.54, 1.807) is 0 Å². The molecular weight excluding hydrogens is 417 g/mol. The van der Waals surface area contributed by atoms with Gasteiger partial charge in [-0.05, 0) is 24.3 Å². The molecule has 3 rings (SSSR count). The number of rotatable bonds is 5. The van der Waals surface area contributed by atoms with Crippen LogP contribution in [0.4, 0.5) is 24.8 Å². The summed E-state index contributed by atoms with van der Waals surface area (Å²) in [5.41, 5.74) is -0.894. The predicted molar refractivity (Wildman–Crippen MR) is 94.0 cm³/mol. The number of anilines is 2. The van der Waals surface area contributed by atoms with E-state index in [-0.39, 0.29) is 30.5 Å². The van der Waals surface area contributed by atoms with Crippen LogP contribution in [0.25, 0.3) is 0 Å². The molecule has 1 aliphatic rings. The fourth-order valence-electron chi connectivity index (χ4n) is 2.52. The van der Waals surface area contributed by atoms with E-state index >= 15 is 0 Å². The molecule has 0 radical (unpaired) electrons. The van der Waals surface area contributed by atoms with E-state index in [4.69, 9.17) is 14.6 Å². The quantitative estimate of drug-likeness (QED) is 0.643. The summed E-state index contributed by atoms with van der Waals surface area (Å²) in [6.45, 7) is 0.193. The minimum Gasteiger partial charge on any atom is -0.469 e. The number of benzene rings is 1. The average Bonchev–Trinajstić information content (AvgIpc) is 2.62. The van der Waals surface area contributed by atoms with E-state index in [1.807, 2.05) is 0 Å². The highest BCUT2D eigenvalue weighted by atomic mass is 32.2. The van der Waals surface area contributed by atoms with Gasteiger partial charge < -0.3 is 19.9 Å². The SMILES string of the molecule is NS(=O)(=O)c1ccc(Nc2ncc(C(F)(F)F)c(OC3COCCC3O)n2)cc1. The third-order valence-electron chi connectivity index (χ3n) is 4.03. The molecule has 0 saturated carbocycles. The van der Waals surface area contributed by atoms with E-state index < -0.39 is 39.9 Å². The molecular formula is C16H17F3N4O5S. The van der Waals surface area contributed by atoms with Crippen LogP contribution in [-0.4, -0.2) is 48.9 Å². The standard InChI is InChI=1S/C16H17F3N4O5S/c17-16(18,19)11-7-21-15(22-9-1-3-10(4-2-9)29(20,25)26)23-14(11)28-13-8-27-6-5-12(13)24/h1-4,7,12-13,24H,5-6,8H2,(H2,20,25,26)(H,21,22,23). The molecule has 0 spiro atoms. The average molecular weight is 434 g/mol. The summed E-state index contributed by atoms with van der Waals surface area (Å²) in [4.78, 5) is 7.25. The molecule has 158 valence electrons. The molecule has 29 heavy (non-hydrogen) atoms. The zero-order valence-corrected chi connectivity index (χ0v) is 15.6. The number of halogens is 3. The van der Waals surface area contributed by atoms with Crippen molar-refractivity contribution in [1.29, 1.82) is 0 Å². The molecule has 13 heteroatoms. The van der Waals surface area contributed by atoms with Gasteiger partial charge in [0, 0.05) is 24.9 Å². The Morgan fingerprint density at radius 3 is 2.55 bits per heavy atom. The number of sulfonamides is 1. The monoisotopic (exact) mass is 434 g/mol. The molecule has 1 aromatic carbocycles. The number of ether oxygens (including phenoxy) is 2. The molecule has 1 aromatic heterocycles. The topological polar surface area (TPSA) is 137 Å². The number of aromatic nitrogens is 2. The third-order valence-corrected chi connectivity index (χ3v) is 4.96. The Labute approximate surface area is 163 Å². The van der Waals surface area contributed by atoms with E-state index in [0.29, 0.717) is 11.9 Å². The summed E-state index contributed by atoms with van der Waals surface area (Å²) < 4.78 is 72.8. The second kappa shape index (κ2) is 8.10. The van der Waals surface area contributed by atoms with E-state index in [2.05, 4.69) is 15.3 Å². The Hall–Kier alpha value is -2.48. The van der Waals surface area contributed by atoms with Gasteiger partial charge in [-0.25, -0.2) is 18.5 Å². The van der Waals surface area contributed by atoms with Crippen molar-refractivity contribution < 1.29 is 36.2 Å². The lowest BCUT2D eigenvalue weighted by atomic mass is 10.1. The van der Waals surface area contributed by atoms with Crippen LogP contribution in [0.1, 0.15) is 12.0 Å². The number of aliphatic hydroxyl groups is 1. The first-order valence-corrected chi connectivity index (χ1v) is 9.85. The third kappa shape index (κ3) is 5.32. The first kappa shape index (κ1) is 21.2. The molecule has 2 unspecified atom stereocenters. The van der Waals surface area contributed by atoms with Crippen molar-refractivity contribution in [1.82, 2.24) is 9.97 Å². The summed E-state index contributed by atoms with van der Waals surface area (Å²) in [6, 6.07) is 5.13. The van der Waals surface area contributed by atoms with E-state index in [9.17, 15) is 26.7 Å². The molecule has 9 nitrogen and oxygen atoms in total. The Balaban J connectivity index is 1.86. The van der Waals surface area contributed by atoms with Crippen molar-refractivity contribution in [3.05, 3.63) is 36.0 Å². The number of hydrogen-bond donors (Lipinski definition) is 3. The molecule has 2 aromatic rings. The van der Waals surface area contributed by atoms with Crippen molar-refractivity contribution in [3.8, 4) is 5.88 Å². The minimum atomic E-state index is -4.77. The van der Waals surface area contributed by atoms with Gasteiger partial charge in [-0.15, -0.1) is 0 Å². The van der Waals surface area contributed by atoms with Crippen molar-refractivity contribution >= 4 is 21.7 Å². The Kier molecular flexibility index (Phi) is 5.93. The van der Waals surface area contributed by atoms with Crippen LogP contribution in [0.3, 0.4) is 0 Å². The molecule has 1 aliphatic heterocycles. The summed E-state index contributed by atoms with van der Waals surface area (Å²) in [6.07, 6.45) is -6.01. The van der Waals surface area contributed by atoms with Crippen LogP contribution in [-0.2, 0) is 20.9 Å². The van der Waals surface area contributed by atoms with Crippen LogP contribution < -0.4 is 15.2 Å². The Bertz CT molecular complexity index is 970. The van der Waals surface area contributed by atoms with E-state index in [0.717, 1.165) is 0 Å². The Morgan fingerprint density at radius 1 is 1.28 bits per heavy atom. The Morgan fingerprint density at radius 2 is 1.97 bits per heavy atom. The van der Waals surface area contributed by atoms with Crippen LogP contribution >= 0.6 is 0 Å². The first-order chi connectivity index (χ1) is 13.5. The summed E-state index contributed by atoms with van der Waals surface area (Å²) in [7, 11) is -3.88. The first-order valence-electron chi connectivity index (χ1n) is 8.30. The lowest BCUT2D eigenvalue weighted by molar-refractivity contribution is -0.142. The molecule has 4 N–H and O–H groups in total. The minimum absolute atomic E-state index is 0.0831. The zero-order chi connectivity index (χ0) is 21.2. The van der Waals surface area contributed by atoms with Gasteiger partial charge in [0.15, 0.2) is 0 Å². The van der Waals surface area contributed by atoms with Gasteiger partial charge in [-0.3, -0.25) is 0 Å². The second-order valence-electron chi connectivity index (χ2n) is 6.19. The second-order valence-corrected chi connectivity index (χ2v) is 7.75. The summed E-state index contributed by atoms with van der Waals surface area (Å²) in [5, 5.41) is 17.6. The molecule has 0 amide bonds. The highest BCUT2D eigenvalue weighted by Gasteiger charge is 2.38. The molecule has 0 aliphatic carbocycles. The van der Waals surface area contributed by atoms with Crippen molar-refractivity contribution in [3.63, 3.8) is 0 Å². The fourth-order valence-corrected chi connectivity index (χ4v) is 3.04. The van der Waals surface area contributed by atoms with Gasteiger partial charge in [0.2, 0.25) is 21.9 Å². The summed E-state index contributed by atoms with van der Waals surface area (Å²) >= 11 is 0. The molecule has 2 atom stereocenters. The molecule has 2 heterocycles. The summed E-state index contributed by atoms with van der Waals surface area (Å²) in [5.74, 6) is -0.978. The highest BCUT2D eigenvalue weighted by Crippen LogP contribution is 2.36. The number of aliphatic hydroxyl groups excluding tert-OH is 1. The van der Waals surface area contributed by atoms with Crippen molar-refractivity contribution in [2.75, 3.05) is 18.5 Å². The van der Waals surface area contributed by atoms with E-state index in [1.165, 1.54) is 24.3 Å². The van der Waals surface area contributed by atoms with Crippen LogP contribution in [0.15, 0.2) is 35.4 Å². The fraction of sp³-hybridized carbons (Fsp3) is 0.375. The number of nitrogens with two attached hydrogens (primary N) is 1. The normalized spacial score (nSPS) is 20.3. The van der Waals surface area contributed by atoms with Crippen LogP contribution in [0.2, 0.25) is 0 Å². The van der Waals surface area contributed by atoms with Crippen LogP contribution in [0, 0.1) is 0 Å². The maximum Gasteiger partial charge on any atom is 0.423 e. The van der Waals surface area contributed by atoms with Crippen molar-refractivity contribution in [2.24, 2.45) is 5.14 Å². The number of primary sulfonamides is 1. The number of hydrogen-bond acceptors (Lipinski definition) is 8. The smallest absolute Gasteiger partial charge is 0.423 e. The lowest BCUT2D eigenvalue weighted by Gasteiger charge is -2.28. The predicted octanol–water partition coefficient (Wildman–Crippen LogP) is 1.42. The largest absolute Gasteiger partial charge is 0.469 e. The number of nitrogens with one attached hydrogen (secondary N) is 1. The maximum absolute atomic E-state index is 13.3. The molecule has 1 fully saturated rings. The van der Waals surface area contributed by atoms with Gasteiger partial charge in [0.25, 0.3) is 0 Å². The lowest BCUT2D eigenvalue weighted by Crippen LogP contribution is -2.41. The number of nitrogens with zero attached hydrogens (tertiary/aromatic N) is 2. The van der Waals surface area contributed by atoms with Gasteiger partial charge in [0.05, 0.1) is 17.6 Å². The van der Waals surface area contributed by atoms with Crippen LogP contribution in [0.5, 0.6) is 5.88 Å². The highest BCUT2D eigenvalue weighted by molar-refractivity contribution is 7.89. The van der Waals surface area contributed by atoms with Gasteiger partial charge in [-0.2, -0.15) is 18.2 Å².